The normalized spacial score (nSPS) is 13.1. The van der Waals surface area contributed by atoms with Crippen molar-refractivity contribution in [3.05, 3.63) is 108 Å². The summed E-state index contributed by atoms with van der Waals surface area (Å²) in [6.07, 6.45) is -0.0563. The maximum atomic E-state index is 6.30. The predicted molar refractivity (Wildman–Crippen MR) is 115 cm³/mol. The molecule has 0 aromatic heterocycles. The van der Waals surface area contributed by atoms with Gasteiger partial charge in [0.05, 0.1) is 0 Å². The predicted octanol–water partition coefficient (Wildman–Crippen LogP) is 7.12. The average molecular weight is 368 g/mol. The molecule has 4 aromatic carbocycles. The maximum Gasteiger partial charge on any atom is 0.128 e. The fourth-order valence-electron chi connectivity index (χ4n) is 3.41. The van der Waals surface area contributed by atoms with Gasteiger partial charge in [-0.3, -0.25) is 0 Å². The van der Waals surface area contributed by atoms with Gasteiger partial charge in [0, 0.05) is 10.8 Å². The molecular weight excluding hydrogens is 344 g/mol. The molecule has 0 N–H and O–H groups in total. The van der Waals surface area contributed by atoms with Gasteiger partial charge >= 0.3 is 0 Å². The molecule has 28 heavy (non-hydrogen) atoms. The van der Waals surface area contributed by atoms with Crippen LogP contribution >= 0.6 is 0 Å². The van der Waals surface area contributed by atoms with Crippen molar-refractivity contribution in [1.82, 2.24) is 0 Å². The zero-order chi connectivity index (χ0) is 19.3. The smallest absolute Gasteiger partial charge is 0.128 e. The van der Waals surface area contributed by atoms with E-state index in [1.807, 2.05) is 60.7 Å². The number of benzene rings is 4. The summed E-state index contributed by atoms with van der Waals surface area (Å²) >= 11 is 0. The molecule has 2 unspecified atom stereocenters. The van der Waals surface area contributed by atoms with Crippen molar-refractivity contribution in [1.29, 1.82) is 0 Å². The fourth-order valence-corrected chi connectivity index (χ4v) is 3.41. The summed E-state index contributed by atoms with van der Waals surface area (Å²) in [5.74, 6) is 1.73. The number of hydrogen-bond donors (Lipinski definition) is 0. The highest BCUT2D eigenvalue weighted by atomic mass is 16.5. The largest absolute Gasteiger partial charge is 0.485 e. The van der Waals surface area contributed by atoms with E-state index in [0.29, 0.717) is 0 Å². The molecule has 2 atom stereocenters. The maximum absolute atomic E-state index is 6.30. The topological polar surface area (TPSA) is 18.5 Å². The summed E-state index contributed by atoms with van der Waals surface area (Å²) in [5, 5.41) is 2.12. The van der Waals surface area contributed by atoms with E-state index < -0.39 is 0 Å². The third kappa shape index (κ3) is 3.86. The lowest BCUT2D eigenvalue weighted by atomic mass is 10.1. The van der Waals surface area contributed by atoms with Gasteiger partial charge in [0.25, 0.3) is 0 Å². The van der Waals surface area contributed by atoms with Gasteiger partial charge in [-0.05, 0) is 37.1 Å². The molecular formula is C26H24O2. The summed E-state index contributed by atoms with van der Waals surface area (Å²) in [7, 11) is 0. The van der Waals surface area contributed by atoms with E-state index in [2.05, 4.69) is 50.2 Å². The molecule has 4 rings (SSSR count). The number of hydrogen-bond acceptors (Lipinski definition) is 2. The molecule has 0 amide bonds. The van der Waals surface area contributed by atoms with Crippen molar-refractivity contribution in [2.24, 2.45) is 0 Å². The first-order valence-corrected chi connectivity index (χ1v) is 9.67. The van der Waals surface area contributed by atoms with E-state index in [9.17, 15) is 0 Å². The Morgan fingerprint density at radius 2 is 0.821 bits per heavy atom. The highest BCUT2D eigenvalue weighted by Crippen LogP contribution is 2.37. The number of rotatable bonds is 6. The molecule has 0 radical (unpaired) electrons. The number of ether oxygens (including phenoxy) is 2. The molecule has 0 aliphatic rings. The third-order valence-corrected chi connectivity index (χ3v) is 4.99. The Bertz CT molecular complexity index is 956. The lowest BCUT2D eigenvalue weighted by molar-refractivity contribution is 0.224. The van der Waals surface area contributed by atoms with Crippen LogP contribution in [0.2, 0.25) is 0 Å². The van der Waals surface area contributed by atoms with Crippen molar-refractivity contribution in [2.75, 3.05) is 0 Å². The SMILES string of the molecule is CC(Oc1ccc(OC(C)c2ccccc2)c2ccccc12)c1ccccc1. The van der Waals surface area contributed by atoms with E-state index in [4.69, 9.17) is 9.47 Å². The molecule has 0 aliphatic carbocycles. The van der Waals surface area contributed by atoms with Crippen LogP contribution < -0.4 is 9.47 Å². The monoisotopic (exact) mass is 368 g/mol. The first-order chi connectivity index (χ1) is 13.7. The molecule has 4 aromatic rings. The van der Waals surface area contributed by atoms with Gasteiger partial charge in [-0.15, -0.1) is 0 Å². The fraction of sp³-hybridized carbons (Fsp3) is 0.154. The average Bonchev–Trinajstić information content (AvgIpc) is 2.76. The zero-order valence-electron chi connectivity index (χ0n) is 16.2. The molecule has 2 heteroatoms. The van der Waals surface area contributed by atoms with E-state index >= 15 is 0 Å². The molecule has 0 saturated heterocycles. The van der Waals surface area contributed by atoms with Crippen LogP contribution in [-0.2, 0) is 0 Å². The molecule has 0 heterocycles. The van der Waals surface area contributed by atoms with E-state index in [0.717, 1.165) is 33.4 Å². The van der Waals surface area contributed by atoms with Gasteiger partial charge in [-0.1, -0.05) is 84.9 Å². The van der Waals surface area contributed by atoms with Gasteiger partial charge < -0.3 is 9.47 Å². The van der Waals surface area contributed by atoms with Crippen LogP contribution in [0.5, 0.6) is 11.5 Å². The molecule has 0 aliphatic heterocycles. The van der Waals surface area contributed by atoms with Crippen LogP contribution in [0.15, 0.2) is 97.1 Å². The van der Waals surface area contributed by atoms with Crippen molar-refractivity contribution in [3.63, 3.8) is 0 Å². The minimum Gasteiger partial charge on any atom is -0.485 e. The second kappa shape index (κ2) is 8.18. The Balaban J connectivity index is 1.63. The van der Waals surface area contributed by atoms with Crippen molar-refractivity contribution in [2.45, 2.75) is 26.1 Å². The van der Waals surface area contributed by atoms with Crippen molar-refractivity contribution in [3.8, 4) is 11.5 Å². The Morgan fingerprint density at radius 1 is 0.464 bits per heavy atom. The first kappa shape index (κ1) is 18.1. The molecule has 0 bridgehead atoms. The van der Waals surface area contributed by atoms with Crippen LogP contribution in [-0.4, -0.2) is 0 Å². The summed E-state index contributed by atoms with van der Waals surface area (Å²) in [6, 6.07) is 32.8. The van der Waals surface area contributed by atoms with Gasteiger partial charge in [0.2, 0.25) is 0 Å². The summed E-state index contributed by atoms with van der Waals surface area (Å²) in [4.78, 5) is 0. The lowest BCUT2D eigenvalue weighted by Crippen LogP contribution is -2.05. The lowest BCUT2D eigenvalue weighted by Gasteiger charge is -2.20. The second-order valence-electron chi connectivity index (χ2n) is 6.95. The highest BCUT2D eigenvalue weighted by Gasteiger charge is 2.14. The molecule has 0 spiro atoms. The van der Waals surface area contributed by atoms with Gasteiger partial charge in [0.1, 0.15) is 23.7 Å². The van der Waals surface area contributed by atoms with Crippen LogP contribution in [0.3, 0.4) is 0 Å². The van der Waals surface area contributed by atoms with E-state index in [-0.39, 0.29) is 12.2 Å². The van der Waals surface area contributed by atoms with Crippen LogP contribution in [0, 0.1) is 0 Å². The van der Waals surface area contributed by atoms with Crippen LogP contribution in [0.25, 0.3) is 10.8 Å². The zero-order valence-corrected chi connectivity index (χ0v) is 16.2. The highest BCUT2D eigenvalue weighted by molar-refractivity contribution is 5.93. The molecule has 0 fully saturated rings. The minimum atomic E-state index is -0.0281. The Morgan fingerprint density at radius 3 is 1.21 bits per heavy atom. The van der Waals surface area contributed by atoms with Crippen molar-refractivity contribution < 1.29 is 9.47 Å². The molecule has 2 nitrogen and oxygen atoms in total. The summed E-state index contributed by atoms with van der Waals surface area (Å²) < 4.78 is 12.6. The first-order valence-electron chi connectivity index (χ1n) is 9.67. The van der Waals surface area contributed by atoms with Crippen LogP contribution in [0.4, 0.5) is 0 Å². The number of fused-ring (bicyclic) bond motifs is 1. The van der Waals surface area contributed by atoms with E-state index in [1.165, 1.54) is 0 Å². The molecule has 0 saturated carbocycles. The summed E-state index contributed by atoms with van der Waals surface area (Å²) in [5.41, 5.74) is 2.31. The van der Waals surface area contributed by atoms with E-state index in [1.54, 1.807) is 0 Å². The quantitative estimate of drug-likeness (QED) is 0.361. The minimum absolute atomic E-state index is 0.0281. The standard InChI is InChI=1S/C26H24O2/c1-19(21-11-5-3-6-12-21)27-25-17-18-26(24-16-10-9-15-23(24)25)28-20(2)22-13-7-4-8-14-22/h3-20H,1-2H3. The Labute approximate surface area is 166 Å². The van der Waals surface area contributed by atoms with Crippen molar-refractivity contribution >= 4 is 10.8 Å². The van der Waals surface area contributed by atoms with Gasteiger partial charge in [-0.2, -0.15) is 0 Å². The summed E-state index contributed by atoms with van der Waals surface area (Å²) in [6.45, 7) is 4.15. The third-order valence-electron chi connectivity index (χ3n) is 4.99. The van der Waals surface area contributed by atoms with Gasteiger partial charge in [0.15, 0.2) is 0 Å². The Kier molecular flexibility index (Phi) is 5.29. The van der Waals surface area contributed by atoms with Gasteiger partial charge in [-0.25, -0.2) is 0 Å². The second-order valence-corrected chi connectivity index (χ2v) is 6.95. The van der Waals surface area contributed by atoms with Crippen LogP contribution in [0.1, 0.15) is 37.2 Å². The molecule has 140 valence electrons. The Hall–Kier alpha value is -3.26.